The topological polar surface area (TPSA) is 77.8 Å². The summed E-state index contributed by atoms with van der Waals surface area (Å²) in [6, 6.07) is 1.82. The number of benzene rings is 1. The summed E-state index contributed by atoms with van der Waals surface area (Å²) in [7, 11) is 0. The molecule has 0 aromatic heterocycles. The van der Waals surface area contributed by atoms with Gasteiger partial charge >= 0.3 is 0 Å². The number of carbonyl (C=O) groups excluding carboxylic acids is 1. The van der Waals surface area contributed by atoms with Crippen molar-refractivity contribution in [3.8, 4) is 11.5 Å². The average molecular weight is 344 g/mol. The van der Waals surface area contributed by atoms with Crippen molar-refractivity contribution >= 4 is 5.78 Å². The van der Waals surface area contributed by atoms with Crippen molar-refractivity contribution in [2.75, 3.05) is 0 Å². The fraction of sp³-hybridized carbons (Fsp3) is 0.667. The Kier molecular flexibility index (Phi) is 3.38. The van der Waals surface area contributed by atoms with E-state index in [2.05, 4.69) is 13.8 Å². The third kappa shape index (κ3) is 1.89. The number of aromatic hydroxyl groups is 2. The number of hydrogen-bond acceptors (Lipinski definition) is 4. The summed E-state index contributed by atoms with van der Waals surface area (Å²) in [4.78, 5) is 13.2. The van der Waals surface area contributed by atoms with Gasteiger partial charge < -0.3 is 15.3 Å². The molecule has 0 saturated heterocycles. The standard InChI is InChI=1S/C21H28O4/c1-10(2)11-8-12-15(18(25)17(11)24)21-7-5-6-20(3,4)19(21)13(16(12)23)9-14(21)22/h8,10,13,16,19,23-25H,5-7,9H2,1-4H3. The summed E-state index contributed by atoms with van der Waals surface area (Å²) < 4.78 is 0. The number of hydrogen-bond donors (Lipinski definition) is 3. The molecule has 0 aliphatic heterocycles. The lowest BCUT2D eigenvalue weighted by Gasteiger charge is -2.54. The van der Waals surface area contributed by atoms with E-state index in [9.17, 15) is 20.1 Å². The summed E-state index contributed by atoms with van der Waals surface area (Å²) in [5.74, 6) is -0.250. The molecule has 3 N–H and O–H groups in total. The summed E-state index contributed by atoms with van der Waals surface area (Å²) >= 11 is 0. The Bertz CT molecular complexity index is 764. The number of phenolic OH excluding ortho intramolecular Hbond substituents is 2. The highest BCUT2D eigenvalue weighted by Gasteiger charge is 2.67. The number of aliphatic hydroxyl groups is 1. The fourth-order valence-electron chi connectivity index (χ4n) is 6.36. The van der Waals surface area contributed by atoms with Crippen LogP contribution in [0, 0.1) is 17.3 Å². The molecule has 1 aromatic rings. The number of ketones is 1. The van der Waals surface area contributed by atoms with E-state index in [1.807, 2.05) is 19.9 Å². The minimum atomic E-state index is -0.763. The van der Waals surface area contributed by atoms with E-state index in [0.717, 1.165) is 12.8 Å². The second-order valence-electron chi connectivity index (χ2n) is 9.31. The molecule has 3 aliphatic rings. The van der Waals surface area contributed by atoms with Crippen molar-refractivity contribution in [1.82, 2.24) is 0 Å². The van der Waals surface area contributed by atoms with Gasteiger partial charge in [-0.3, -0.25) is 4.79 Å². The van der Waals surface area contributed by atoms with Crippen LogP contribution >= 0.6 is 0 Å². The Morgan fingerprint density at radius 2 is 1.84 bits per heavy atom. The van der Waals surface area contributed by atoms with Gasteiger partial charge in [-0.1, -0.05) is 34.1 Å². The van der Waals surface area contributed by atoms with Gasteiger partial charge in [-0.05, 0) is 41.7 Å². The molecule has 2 bridgehead atoms. The maximum absolute atomic E-state index is 13.2. The Hall–Kier alpha value is -1.55. The van der Waals surface area contributed by atoms with E-state index in [1.54, 1.807) is 0 Å². The molecule has 4 rings (SSSR count). The normalized spacial score (nSPS) is 35.6. The van der Waals surface area contributed by atoms with E-state index >= 15 is 0 Å². The van der Waals surface area contributed by atoms with Crippen molar-refractivity contribution in [1.29, 1.82) is 0 Å². The molecule has 4 heteroatoms. The van der Waals surface area contributed by atoms with Crippen LogP contribution in [0.15, 0.2) is 6.07 Å². The van der Waals surface area contributed by atoms with Gasteiger partial charge in [-0.15, -0.1) is 0 Å². The zero-order valence-electron chi connectivity index (χ0n) is 15.5. The molecule has 0 spiro atoms. The highest BCUT2D eigenvalue weighted by atomic mass is 16.3. The van der Waals surface area contributed by atoms with E-state index < -0.39 is 11.5 Å². The van der Waals surface area contributed by atoms with Gasteiger partial charge in [0.1, 0.15) is 5.78 Å². The SMILES string of the molecule is CC(C)c1cc2c(c(O)c1O)C13CCCC(C)(C)C1C(CC3=O)C2O. The lowest BCUT2D eigenvalue weighted by molar-refractivity contribution is -0.126. The van der Waals surface area contributed by atoms with Crippen molar-refractivity contribution in [3.63, 3.8) is 0 Å². The number of fused-ring (bicyclic) bond motifs is 1. The molecular weight excluding hydrogens is 316 g/mol. The molecule has 0 radical (unpaired) electrons. The van der Waals surface area contributed by atoms with Crippen LogP contribution in [-0.2, 0) is 10.2 Å². The maximum atomic E-state index is 13.2. The predicted octanol–water partition coefficient (Wildman–Crippen LogP) is 3.92. The Morgan fingerprint density at radius 1 is 1.16 bits per heavy atom. The summed E-state index contributed by atoms with van der Waals surface area (Å²) in [6.07, 6.45) is 2.23. The zero-order chi connectivity index (χ0) is 18.3. The van der Waals surface area contributed by atoms with Crippen molar-refractivity contribution in [2.24, 2.45) is 17.3 Å². The number of carbonyl (C=O) groups is 1. The molecule has 25 heavy (non-hydrogen) atoms. The molecule has 3 aliphatic carbocycles. The van der Waals surface area contributed by atoms with Crippen molar-refractivity contribution in [2.45, 2.75) is 70.8 Å². The molecule has 4 atom stereocenters. The van der Waals surface area contributed by atoms with Crippen molar-refractivity contribution < 1.29 is 20.1 Å². The van der Waals surface area contributed by atoms with Crippen LogP contribution in [0.4, 0.5) is 0 Å². The van der Waals surface area contributed by atoms with E-state index in [-0.39, 0.29) is 40.5 Å². The maximum Gasteiger partial charge on any atom is 0.162 e. The number of aliphatic hydroxyl groups excluding tert-OH is 1. The second kappa shape index (κ2) is 5.00. The minimum Gasteiger partial charge on any atom is -0.504 e. The zero-order valence-corrected chi connectivity index (χ0v) is 15.5. The third-order valence-electron chi connectivity index (χ3n) is 7.24. The molecule has 4 unspecified atom stereocenters. The lowest BCUT2D eigenvalue weighted by atomic mass is 9.49. The van der Waals surface area contributed by atoms with Gasteiger partial charge in [0, 0.05) is 23.5 Å². The highest BCUT2D eigenvalue weighted by molar-refractivity contribution is 5.96. The predicted molar refractivity (Wildman–Crippen MR) is 94.7 cm³/mol. The van der Waals surface area contributed by atoms with Crippen LogP contribution in [0.3, 0.4) is 0 Å². The van der Waals surface area contributed by atoms with Crippen LogP contribution in [0.1, 0.15) is 82.1 Å². The largest absolute Gasteiger partial charge is 0.504 e. The van der Waals surface area contributed by atoms with Gasteiger partial charge in [0.05, 0.1) is 11.5 Å². The molecule has 0 heterocycles. The minimum absolute atomic E-state index is 0.0129. The van der Waals surface area contributed by atoms with Gasteiger partial charge in [0.2, 0.25) is 0 Å². The van der Waals surface area contributed by atoms with E-state index in [1.165, 1.54) is 0 Å². The number of Topliss-reactive ketones (excluding diaryl/α,β-unsaturated/α-hetero) is 1. The van der Waals surface area contributed by atoms with Gasteiger partial charge in [0.15, 0.2) is 11.5 Å². The third-order valence-corrected chi connectivity index (χ3v) is 7.24. The van der Waals surface area contributed by atoms with Crippen LogP contribution < -0.4 is 0 Å². The average Bonchev–Trinajstić information content (AvgIpc) is 2.79. The molecule has 136 valence electrons. The molecule has 4 nitrogen and oxygen atoms in total. The first-order chi connectivity index (χ1) is 11.6. The number of phenols is 2. The second-order valence-corrected chi connectivity index (χ2v) is 9.31. The molecular formula is C21H28O4. The number of rotatable bonds is 1. The monoisotopic (exact) mass is 344 g/mol. The van der Waals surface area contributed by atoms with Crippen LogP contribution in [0.25, 0.3) is 0 Å². The van der Waals surface area contributed by atoms with Crippen molar-refractivity contribution in [3.05, 3.63) is 22.8 Å². The molecule has 0 amide bonds. The van der Waals surface area contributed by atoms with Gasteiger partial charge in [0.25, 0.3) is 0 Å². The van der Waals surface area contributed by atoms with Gasteiger partial charge in [-0.25, -0.2) is 0 Å². The summed E-state index contributed by atoms with van der Waals surface area (Å²) in [5, 5.41) is 32.6. The van der Waals surface area contributed by atoms with Crippen LogP contribution in [0.5, 0.6) is 11.5 Å². The Balaban J connectivity index is 2.06. The van der Waals surface area contributed by atoms with Gasteiger partial charge in [-0.2, -0.15) is 0 Å². The van der Waals surface area contributed by atoms with Crippen LogP contribution in [-0.4, -0.2) is 21.1 Å². The first-order valence-electron chi connectivity index (χ1n) is 9.43. The molecule has 2 saturated carbocycles. The highest BCUT2D eigenvalue weighted by Crippen LogP contribution is 2.69. The molecule has 2 fully saturated rings. The summed E-state index contributed by atoms with van der Waals surface area (Å²) in [6.45, 7) is 8.24. The Labute approximate surface area is 148 Å². The van der Waals surface area contributed by atoms with E-state index in [0.29, 0.717) is 29.5 Å². The first-order valence-corrected chi connectivity index (χ1v) is 9.43. The fourth-order valence-corrected chi connectivity index (χ4v) is 6.36. The quantitative estimate of drug-likeness (QED) is 0.675. The first kappa shape index (κ1) is 16.9. The molecule has 1 aromatic carbocycles. The van der Waals surface area contributed by atoms with Crippen LogP contribution in [0.2, 0.25) is 0 Å². The smallest absolute Gasteiger partial charge is 0.162 e. The lowest BCUT2D eigenvalue weighted by Crippen LogP contribution is -2.52. The summed E-state index contributed by atoms with van der Waals surface area (Å²) in [5.41, 5.74) is 0.971. The Morgan fingerprint density at radius 3 is 2.48 bits per heavy atom. The van der Waals surface area contributed by atoms with E-state index in [4.69, 9.17) is 0 Å².